The number of pyridine rings is 1. The van der Waals surface area contributed by atoms with E-state index >= 15 is 0 Å². The monoisotopic (exact) mass is 400 g/mol. The van der Waals surface area contributed by atoms with Gasteiger partial charge in [0.25, 0.3) is 0 Å². The highest BCUT2D eigenvalue weighted by Crippen LogP contribution is 2.36. The predicted molar refractivity (Wildman–Crippen MR) is 107 cm³/mol. The zero-order valence-corrected chi connectivity index (χ0v) is 16.8. The molecule has 1 aliphatic heterocycles. The molecule has 1 fully saturated rings. The molecule has 3 rings (SSSR count). The number of aromatic nitrogens is 3. The average molecular weight is 400 g/mol. The highest BCUT2D eigenvalue weighted by Gasteiger charge is 2.44. The van der Waals surface area contributed by atoms with Crippen molar-refractivity contribution in [2.75, 3.05) is 19.7 Å². The number of nitrogens with one attached hydrogen (secondary N) is 1. The number of carboxylic acid groups (broad SMARTS) is 1. The molecule has 3 heterocycles. The minimum atomic E-state index is -0.782. The highest BCUT2D eigenvalue weighted by atomic mass is 16.5. The molecule has 2 N–H and O–H groups in total. The van der Waals surface area contributed by atoms with Crippen LogP contribution in [-0.2, 0) is 9.59 Å². The Morgan fingerprint density at radius 3 is 2.69 bits per heavy atom. The van der Waals surface area contributed by atoms with Crippen molar-refractivity contribution < 1.29 is 19.4 Å². The first-order valence-corrected chi connectivity index (χ1v) is 10.1. The number of nitrogens with zero attached hydrogens (tertiary/aromatic N) is 3. The van der Waals surface area contributed by atoms with Crippen molar-refractivity contribution in [2.24, 2.45) is 5.41 Å². The standard InChI is InChI=1S/C21H28N4O4/c1-16(26)25-12-10-21(15-25,20(27)28)9-4-2-3-5-13-29-17-6-7-18(22-14-17)19-8-11-23-24-19/h6-8,11,14H,2-5,9-10,12-13,15H2,1H3,(H,23,24)(H,27,28). The summed E-state index contributed by atoms with van der Waals surface area (Å²) in [6, 6.07) is 5.64. The highest BCUT2D eigenvalue weighted by molar-refractivity contribution is 5.79. The summed E-state index contributed by atoms with van der Waals surface area (Å²) in [4.78, 5) is 29.3. The van der Waals surface area contributed by atoms with Gasteiger partial charge in [0.1, 0.15) is 5.75 Å². The number of H-pyrrole nitrogens is 1. The van der Waals surface area contributed by atoms with E-state index in [0.717, 1.165) is 42.8 Å². The molecule has 0 spiro atoms. The molecule has 1 aliphatic rings. The number of likely N-dealkylation sites (tertiary alicyclic amines) is 1. The molecule has 1 unspecified atom stereocenters. The number of aromatic amines is 1. The molecular weight excluding hydrogens is 372 g/mol. The molecule has 8 nitrogen and oxygen atoms in total. The van der Waals surface area contributed by atoms with Crippen molar-refractivity contribution in [1.82, 2.24) is 20.1 Å². The van der Waals surface area contributed by atoms with Crippen LogP contribution in [0.3, 0.4) is 0 Å². The van der Waals surface area contributed by atoms with Crippen LogP contribution in [0.2, 0.25) is 0 Å². The van der Waals surface area contributed by atoms with Gasteiger partial charge in [0.2, 0.25) is 5.91 Å². The zero-order chi connectivity index (χ0) is 20.7. The van der Waals surface area contributed by atoms with E-state index in [4.69, 9.17) is 4.74 Å². The molecule has 1 atom stereocenters. The molecule has 0 radical (unpaired) electrons. The molecule has 1 saturated heterocycles. The molecule has 29 heavy (non-hydrogen) atoms. The Bertz CT molecular complexity index is 807. The van der Waals surface area contributed by atoms with Gasteiger partial charge in [-0.3, -0.25) is 19.7 Å². The summed E-state index contributed by atoms with van der Waals surface area (Å²) in [6.45, 7) is 2.98. The number of carboxylic acids is 1. The van der Waals surface area contributed by atoms with E-state index in [-0.39, 0.29) is 5.91 Å². The molecule has 0 aromatic carbocycles. The van der Waals surface area contributed by atoms with Crippen molar-refractivity contribution in [3.8, 4) is 17.1 Å². The minimum Gasteiger partial charge on any atom is -0.492 e. The maximum atomic E-state index is 11.7. The molecule has 0 aliphatic carbocycles. The van der Waals surface area contributed by atoms with Gasteiger partial charge in [0, 0.05) is 26.2 Å². The normalized spacial score (nSPS) is 18.7. The van der Waals surface area contributed by atoms with Crippen LogP contribution in [0.1, 0.15) is 45.4 Å². The van der Waals surface area contributed by atoms with Crippen LogP contribution >= 0.6 is 0 Å². The lowest BCUT2D eigenvalue weighted by Crippen LogP contribution is -2.36. The van der Waals surface area contributed by atoms with Crippen molar-refractivity contribution in [1.29, 1.82) is 0 Å². The molecule has 1 amide bonds. The third-order valence-electron chi connectivity index (χ3n) is 5.58. The van der Waals surface area contributed by atoms with Gasteiger partial charge < -0.3 is 14.7 Å². The number of ether oxygens (including phenoxy) is 1. The van der Waals surface area contributed by atoms with E-state index in [2.05, 4.69) is 15.2 Å². The van der Waals surface area contributed by atoms with Crippen molar-refractivity contribution in [2.45, 2.75) is 45.4 Å². The fraction of sp³-hybridized carbons (Fsp3) is 0.524. The summed E-state index contributed by atoms with van der Waals surface area (Å²) in [5.74, 6) is -0.0959. The van der Waals surface area contributed by atoms with Crippen LogP contribution < -0.4 is 4.74 Å². The lowest BCUT2D eigenvalue weighted by atomic mass is 9.81. The van der Waals surface area contributed by atoms with E-state index in [1.54, 1.807) is 17.3 Å². The number of hydrogen-bond donors (Lipinski definition) is 2. The molecule has 0 saturated carbocycles. The molecule has 2 aromatic rings. The van der Waals surface area contributed by atoms with E-state index in [1.165, 1.54) is 6.92 Å². The lowest BCUT2D eigenvalue weighted by molar-refractivity contribution is -0.149. The fourth-order valence-corrected chi connectivity index (χ4v) is 3.76. The quantitative estimate of drug-likeness (QED) is 0.593. The van der Waals surface area contributed by atoms with Crippen LogP contribution in [0.25, 0.3) is 11.4 Å². The van der Waals surface area contributed by atoms with E-state index in [9.17, 15) is 14.7 Å². The van der Waals surface area contributed by atoms with Gasteiger partial charge in [-0.05, 0) is 37.5 Å². The van der Waals surface area contributed by atoms with Gasteiger partial charge in [-0.15, -0.1) is 0 Å². The van der Waals surface area contributed by atoms with E-state index < -0.39 is 11.4 Å². The second-order valence-corrected chi connectivity index (χ2v) is 7.64. The van der Waals surface area contributed by atoms with Gasteiger partial charge in [-0.25, -0.2) is 0 Å². The Morgan fingerprint density at radius 1 is 1.24 bits per heavy atom. The number of carbonyl (C=O) groups excluding carboxylic acids is 1. The number of hydrogen-bond acceptors (Lipinski definition) is 5. The summed E-state index contributed by atoms with van der Waals surface area (Å²) in [6.07, 6.45) is 8.24. The summed E-state index contributed by atoms with van der Waals surface area (Å²) in [5, 5.41) is 16.4. The van der Waals surface area contributed by atoms with Crippen LogP contribution in [-0.4, -0.2) is 56.8 Å². The predicted octanol–water partition coefficient (Wildman–Crippen LogP) is 3.12. The van der Waals surface area contributed by atoms with E-state index in [1.807, 2.05) is 18.2 Å². The first kappa shape index (κ1) is 20.8. The van der Waals surface area contributed by atoms with Gasteiger partial charge in [-0.1, -0.05) is 19.3 Å². The summed E-state index contributed by atoms with van der Waals surface area (Å²) < 4.78 is 5.73. The maximum absolute atomic E-state index is 11.7. The van der Waals surface area contributed by atoms with Crippen LogP contribution in [0.15, 0.2) is 30.6 Å². The second-order valence-electron chi connectivity index (χ2n) is 7.64. The second kappa shape index (κ2) is 9.54. The summed E-state index contributed by atoms with van der Waals surface area (Å²) in [5.41, 5.74) is 0.909. The SMILES string of the molecule is CC(=O)N1CCC(CCCCCCOc2ccc(-c3ccn[nH]3)nc2)(C(=O)O)C1. The number of carbonyl (C=O) groups is 2. The van der Waals surface area contributed by atoms with Crippen LogP contribution in [0.4, 0.5) is 0 Å². The Labute approximate surface area is 170 Å². The Hall–Kier alpha value is -2.90. The molecule has 2 aromatic heterocycles. The third-order valence-corrected chi connectivity index (χ3v) is 5.58. The zero-order valence-electron chi connectivity index (χ0n) is 16.8. The largest absolute Gasteiger partial charge is 0.492 e. The first-order valence-electron chi connectivity index (χ1n) is 10.1. The molecular formula is C21H28N4O4. The van der Waals surface area contributed by atoms with E-state index in [0.29, 0.717) is 32.5 Å². The maximum Gasteiger partial charge on any atom is 0.311 e. The Morgan fingerprint density at radius 2 is 2.07 bits per heavy atom. The average Bonchev–Trinajstić information content (AvgIpc) is 3.39. The minimum absolute atomic E-state index is 0.0441. The molecule has 0 bridgehead atoms. The smallest absolute Gasteiger partial charge is 0.311 e. The van der Waals surface area contributed by atoms with Gasteiger partial charge in [-0.2, -0.15) is 5.10 Å². The lowest BCUT2D eigenvalue weighted by Gasteiger charge is -2.24. The van der Waals surface area contributed by atoms with Gasteiger partial charge >= 0.3 is 5.97 Å². The third kappa shape index (κ3) is 5.34. The molecule has 156 valence electrons. The number of unbranched alkanes of at least 4 members (excludes halogenated alkanes) is 3. The number of rotatable bonds is 10. The summed E-state index contributed by atoms with van der Waals surface area (Å²) >= 11 is 0. The van der Waals surface area contributed by atoms with Crippen molar-refractivity contribution >= 4 is 11.9 Å². The summed E-state index contributed by atoms with van der Waals surface area (Å²) in [7, 11) is 0. The van der Waals surface area contributed by atoms with Crippen molar-refractivity contribution in [3.63, 3.8) is 0 Å². The van der Waals surface area contributed by atoms with Crippen LogP contribution in [0, 0.1) is 5.41 Å². The molecule has 8 heteroatoms. The van der Waals surface area contributed by atoms with Gasteiger partial charge in [0.05, 0.1) is 29.6 Å². The van der Waals surface area contributed by atoms with Crippen LogP contribution in [0.5, 0.6) is 5.75 Å². The van der Waals surface area contributed by atoms with Gasteiger partial charge in [0.15, 0.2) is 0 Å². The number of aliphatic carboxylic acids is 1. The van der Waals surface area contributed by atoms with Crippen molar-refractivity contribution in [3.05, 3.63) is 30.6 Å². The topological polar surface area (TPSA) is 108 Å². The fourth-order valence-electron chi connectivity index (χ4n) is 3.76. The Balaban J connectivity index is 1.33. The Kier molecular flexibility index (Phi) is 6.85. The first-order chi connectivity index (χ1) is 14.0. The number of amides is 1.